The summed E-state index contributed by atoms with van der Waals surface area (Å²) in [5.74, 6) is -0.150. The highest BCUT2D eigenvalue weighted by Gasteiger charge is 2.07. The highest BCUT2D eigenvalue weighted by molar-refractivity contribution is 9.10. The third kappa shape index (κ3) is 10.3. The molecular weight excluding hydrogens is 600 g/mol. The van der Waals surface area contributed by atoms with Crippen molar-refractivity contribution >= 4 is 67.2 Å². The number of nitrogens with two attached hydrogens (primary N) is 2. The zero-order chi connectivity index (χ0) is 27.2. The summed E-state index contributed by atoms with van der Waals surface area (Å²) < 4.78 is 1.70. The van der Waals surface area contributed by atoms with Crippen LogP contribution in [0.4, 0.5) is 11.4 Å². The van der Waals surface area contributed by atoms with E-state index in [-0.39, 0.29) is 11.6 Å². The van der Waals surface area contributed by atoms with E-state index in [0.29, 0.717) is 28.2 Å². The number of carbonyl (C=O) groups is 3. The first-order valence-electron chi connectivity index (χ1n) is 10.8. The predicted molar refractivity (Wildman–Crippen MR) is 154 cm³/mol. The van der Waals surface area contributed by atoms with Crippen LogP contribution in [-0.4, -0.2) is 27.8 Å². The Morgan fingerprint density at radius 2 is 1.27 bits per heavy atom. The minimum atomic E-state index is -0.139. The summed E-state index contributed by atoms with van der Waals surface area (Å²) in [6.45, 7) is 1.50. The number of Topliss-reactive ketones (excluding diaryl/α,β-unsaturated/α-hetero) is 1. The molecule has 4 N–H and O–H groups in total. The third-order valence-corrected chi connectivity index (χ3v) is 5.56. The van der Waals surface area contributed by atoms with Crippen molar-refractivity contribution in [1.29, 1.82) is 0 Å². The molecule has 188 valence electrons. The number of hydrogen-bond acceptors (Lipinski definition) is 7. The molecule has 0 aliphatic carbocycles. The van der Waals surface area contributed by atoms with Crippen LogP contribution in [0.1, 0.15) is 43.8 Å². The summed E-state index contributed by atoms with van der Waals surface area (Å²) >= 11 is 6.57. The van der Waals surface area contributed by atoms with E-state index in [1.165, 1.54) is 13.0 Å². The Morgan fingerprint density at radius 1 is 0.757 bits per heavy atom. The van der Waals surface area contributed by atoms with Crippen molar-refractivity contribution in [3.05, 3.63) is 123 Å². The van der Waals surface area contributed by atoms with Crippen molar-refractivity contribution in [2.75, 3.05) is 11.5 Å². The predicted octanol–water partition coefficient (Wildman–Crippen LogP) is 6.45. The van der Waals surface area contributed by atoms with Crippen molar-refractivity contribution in [3.63, 3.8) is 0 Å². The van der Waals surface area contributed by atoms with Gasteiger partial charge in [0.1, 0.15) is 5.69 Å². The third-order valence-electron chi connectivity index (χ3n) is 4.58. The molecule has 0 bridgehead atoms. The van der Waals surface area contributed by atoms with E-state index >= 15 is 0 Å². The van der Waals surface area contributed by atoms with Crippen LogP contribution in [0.3, 0.4) is 0 Å². The van der Waals surface area contributed by atoms with Crippen molar-refractivity contribution in [3.8, 4) is 0 Å². The van der Waals surface area contributed by atoms with E-state index in [1.807, 2.05) is 24.3 Å². The van der Waals surface area contributed by atoms with Crippen LogP contribution in [0.25, 0.3) is 6.08 Å². The Labute approximate surface area is 231 Å². The van der Waals surface area contributed by atoms with Crippen LogP contribution in [0.15, 0.2) is 100 Å². The van der Waals surface area contributed by atoms with Gasteiger partial charge in [-0.15, -0.1) is 0 Å². The van der Waals surface area contributed by atoms with Gasteiger partial charge in [-0.1, -0.05) is 44.0 Å². The van der Waals surface area contributed by atoms with Gasteiger partial charge in [-0.2, -0.15) is 0 Å². The number of benzene rings is 2. The zero-order valence-corrected chi connectivity index (χ0v) is 23.0. The number of hydrogen-bond donors (Lipinski definition) is 2. The lowest BCUT2D eigenvalue weighted by molar-refractivity contribution is 0.101. The molecule has 7 nitrogen and oxygen atoms in total. The maximum absolute atomic E-state index is 12.0. The van der Waals surface area contributed by atoms with Crippen LogP contribution >= 0.6 is 31.9 Å². The summed E-state index contributed by atoms with van der Waals surface area (Å²) in [7, 11) is 0. The Bertz CT molecular complexity index is 1380. The molecule has 2 heterocycles. The molecule has 4 rings (SSSR count). The Morgan fingerprint density at radius 3 is 1.70 bits per heavy atom. The molecule has 4 aromatic rings. The Hall–Kier alpha value is -3.95. The minimum Gasteiger partial charge on any atom is -0.398 e. The highest BCUT2D eigenvalue weighted by Crippen LogP contribution is 2.20. The van der Waals surface area contributed by atoms with Crippen molar-refractivity contribution in [1.82, 2.24) is 9.97 Å². The molecule has 0 saturated carbocycles. The molecule has 0 fully saturated rings. The number of anilines is 2. The largest absolute Gasteiger partial charge is 0.398 e. The number of aldehydes is 1. The average Bonchev–Trinajstić information content (AvgIpc) is 2.91. The van der Waals surface area contributed by atoms with Gasteiger partial charge in [0.2, 0.25) is 0 Å². The van der Waals surface area contributed by atoms with Gasteiger partial charge in [-0.05, 0) is 79.7 Å². The van der Waals surface area contributed by atoms with Crippen molar-refractivity contribution in [2.45, 2.75) is 6.92 Å². The Balaban J connectivity index is 0.000000215. The average molecular weight is 624 g/mol. The lowest BCUT2D eigenvalue weighted by Crippen LogP contribution is -2.00. The molecule has 0 unspecified atom stereocenters. The van der Waals surface area contributed by atoms with Gasteiger partial charge in [0.05, 0.1) is 5.69 Å². The van der Waals surface area contributed by atoms with E-state index in [9.17, 15) is 14.4 Å². The van der Waals surface area contributed by atoms with Gasteiger partial charge in [0, 0.05) is 43.8 Å². The molecule has 0 saturated heterocycles. The number of pyridine rings is 2. The molecule has 0 aliphatic rings. The second kappa shape index (κ2) is 15.2. The van der Waals surface area contributed by atoms with E-state index < -0.39 is 0 Å². The quantitative estimate of drug-likeness (QED) is 0.113. The van der Waals surface area contributed by atoms with E-state index in [0.717, 1.165) is 20.9 Å². The fraction of sp³-hybridized carbons (Fsp3) is 0.0357. The van der Waals surface area contributed by atoms with Crippen molar-refractivity contribution < 1.29 is 14.4 Å². The summed E-state index contributed by atoms with van der Waals surface area (Å²) in [6.07, 6.45) is 7.13. The van der Waals surface area contributed by atoms with Gasteiger partial charge < -0.3 is 11.5 Å². The molecule has 0 spiro atoms. The first-order chi connectivity index (χ1) is 17.7. The minimum absolute atomic E-state index is 0.0104. The lowest BCUT2D eigenvalue weighted by Gasteiger charge is -2.02. The monoisotopic (exact) mass is 622 g/mol. The molecule has 37 heavy (non-hydrogen) atoms. The number of rotatable bonds is 5. The number of halogens is 2. The smallest absolute Gasteiger partial charge is 0.188 e. The number of nitrogen functional groups attached to an aromatic ring is 2. The van der Waals surface area contributed by atoms with Crippen LogP contribution in [-0.2, 0) is 0 Å². The second-order valence-electron chi connectivity index (χ2n) is 7.34. The Kier molecular flexibility index (Phi) is 12.0. The molecule has 0 amide bonds. The fourth-order valence-electron chi connectivity index (χ4n) is 2.75. The standard InChI is InChI=1S/C14H11BrN2O.C8H8BrNO.C6H5NO/c15-10-4-6-13(16)12(9-10)14(18)7-5-11-3-1-2-8-17-11;1-5(11)7-4-6(9)2-3-8(7)10;8-5-6-3-1-2-4-7-6/h1-9H,16H2;2-4H,10H2,1H3;1-5H/b7-5+;;. The van der Waals surface area contributed by atoms with E-state index in [4.69, 9.17) is 11.5 Å². The second-order valence-corrected chi connectivity index (χ2v) is 9.18. The number of nitrogens with zero attached hydrogens (tertiary/aromatic N) is 2. The van der Waals surface area contributed by atoms with Gasteiger partial charge in [-0.3, -0.25) is 24.4 Å². The maximum Gasteiger partial charge on any atom is 0.188 e. The summed E-state index contributed by atoms with van der Waals surface area (Å²) in [4.78, 5) is 40.7. The summed E-state index contributed by atoms with van der Waals surface area (Å²) in [6, 6.07) is 21.2. The molecule has 0 aliphatic heterocycles. The molecule has 2 aromatic carbocycles. The molecule has 2 aromatic heterocycles. The first kappa shape index (κ1) is 29.3. The summed E-state index contributed by atoms with van der Waals surface area (Å²) in [5.41, 5.74) is 14.6. The molecule has 0 atom stereocenters. The number of aromatic nitrogens is 2. The van der Waals surface area contributed by atoms with Gasteiger partial charge in [0.15, 0.2) is 17.9 Å². The van der Waals surface area contributed by atoms with Crippen LogP contribution in [0, 0.1) is 0 Å². The summed E-state index contributed by atoms with van der Waals surface area (Å²) in [5, 5.41) is 0. The zero-order valence-electron chi connectivity index (χ0n) is 19.8. The highest BCUT2D eigenvalue weighted by atomic mass is 79.9. The normalized spacial score (nSPS) is 9.92. The fourth-order valence-corrected chi connectivity index (χ4v) is 3.47. The van der Waals surface area contributed by atoms with Crippen molar-refractivity contribution in [2.24, 2.45) is 0 Å². The maximum atomic E-state index is 12.0. The molecule has 0 radical (unpaired) electrons. The number of carbonyl (C=O) groups excluding carboxylic acids is 3. The SMILES string of the molecule is CC(=O)c1cc(Br)ccc1N.Nc1ccc(Br)cc1C(=O)/C=C/c1ccccn1.O=Cc1ccccn1. The van der Waals surface area contributed by atoms with Gasteiger partial charge in [-0.25, -0.2) is 0 Å². The van der Waals surface area contributed by atoms with Crippen LogP contribution < -0.4 is 11.5 Å². The van der Waals surface area contributed by atoms with Crippen LogP contribution in [0.2, 0.25) is 0 Å². The van der Waals surface area contributed by atoms with E-state index in [2.05, 4.69) is 41.8 Å². The first-order valence-corrected chi connectivity index (χ1v) is 12.4. The van der Waals surface area contributed by atoms with E-state index in [1.54, 1.807) is 67.0 Å². The number of allylic oxidation sites excluding steroid dienone is 1. The topological polar surface area (TPSA) is 129 Å². The number of ketones is 2. The van der Waals surface area contributed by atoms with Crippen LogP contribution in [0.5, 0.6) is 0 Å². The van der Waals surface area contributed by atoms with Gasteiger partial charge >= 0.3 is 0 Å². The molecular formula is C28H24Br2N4O3. The lowest BCUT2D eigenvalue weighted by atomic mass is 10.1. The van der Waals surface area contributed by atoms with Gasteiger partial charge in [0.25, 0.3) is 0 Å². The molecule has 9 heteroatoms.